The van der Waals surface area contributed by atoms with Crippen LogP contribution in [0.25, 0.3) is 0 Å². The Hall–Kier alpha value is -1.09. The Balaban J connectivity index is 2.40. The van der Waals surface area contributed by atoms with E-state index in [0.29, 0.717) is 18.6 Å². The van der Waals surface area contributed by atoms with Gasteiger partial charge in [-0.25, -0.2) is 0 Å². The molecule has 0 amide bonds. The number of ketones is 1. The summed E-state index contributed by atoms with van der Waals surface area (Å²) >= 11 is 0. The number of hydrogen-bond acceptors (Lipinski definition) is 3. The highest BCUT2D eigenvalue weighted by molar-refractivity contribution is 5.93. The molecule has 72 valence electrons. The van der Waals surface area contributed by atoms with E-state index in [1.54, 1.807) is 12.1 Å². The molecule has 3 heteroatoms. The highest BCUT2D eigenvalue weighted by Gasteiger charge is 2.08. The second-order valence-corrected chi connectivity index (χ2v) is 3.01. The summed E-state index contributed by atoms with van der Waals surface area (Å²) in [5.41, 5.74) is 0. The molecule has 0 saturated heterocycles. The zero-order valence-electron chi connectivity index (χ0n) is 7.75. The predicted octanol–water partition coefficient (Wildman–Crippen LogP) is 1.93. The Bertz CT molecular complexity index is 275. The van der Waals surface area contributed by atoms with Crippen molar-refractivity contribution in [3.63, 3.8) is 0 Å². The van der Waals surface area contributed by atoms with Crippen molar-refractivity contribution in [3.8, 4) is 0 Å². The molecule has 0 aliphatic heterocycles. The van der Waals surface area contributed by atoms with Crippen LogP contribution in [0.2, 0.25) is 0 Å². The third-order valence-corrected chi connectivity index (χ3v) is 1.83. The number of furan rings is 1. The van der Waals surface area contributed by atoms with Crippen LogP contribution in [-0.2, 0) is 0 Å². The Morgan fingerprint density at radius 3 is 2.77 bits per heavy atom. The maximum atomic E-state index is 11.4. The van der Waals surface area contributed by atoms with Gasteiger partial charge in [0.2, 0.25) is 0 Å². The molecule has 0 radical (unpaired) electrons. The first-order valence-corrected chi connectivity index (χ1v) is 4.44. The third kappa shape index (κ3) is 3.03. The Labute approximate surface area is 77.4 Å². The average molecular weight is 182 g/mol. The van der Waals surface area contributed by atoms with Gasteiger partial charge in [0.25, 0.3) is 0 Å². The van der Waals surface area contributed by atoms with Crippen molar-refractivity contribution in [2.45, 2.75) is 26.2 Å². The van der Waals surface area contributed by atoms with Gasteiger partial charge in [0.15, 0.2) is 11.5 Å². The second kappa shape index (κ2) is 4.82. The van der Waals surface area contributed by atoms with E-state index < -0.39 is 0 Å². The fourth-order valence-corrected chi connectivity index (χ4v) is 1.10. The zero-order valence-corrected chi connectivity index (χ0v) is 7.75. The molecule has 0 bridgehead atoms. The fraction of sp³-hybridized carbons (Fsp3) is 0.500. The van der Waals surface area contributed by atoms with Crippen LogP contribution in [-0.4, -0.2) is 17.5 Å². The zero-order chi connectivity index (χ0) is 9.68. The summed E-state index contributed by atoms with van der Waals surface area (Å²) in [5.74, 6) is 1.20. The SMILES string of the molecule is Cc1ccc(C(=O)CCCCO)o1. The van der Waals surface area contributed by atoms with Gasteiger partial charge >= 0.3 is 0 Å². The van der Waals surface area contributed by atoms with E-state index in [0.717, 1.165) is 12.2 Å². The molecule has 0 atom stereocenters. The van der Waals surface area contributed by atoms with Crippen LogP contribution >= 0.6 is 0 Å². The summed E-state index contributed by atoms with van der Waals surface area (Å²) in [6, 6.07) is 3.47. The lowest BCUT2D eigenvalue weighted by Crippen LogP contribution is -1.97. The van der Waals surface area contributed by atoms with Gasteiger partial charge in [-0.05, 0) is 31.9 Å². The van der Waals surface area contributed by atoms with Gasteiger partial charge in [-0.3, -0.25) is 4.79 Å². The van der Waals surface area contributed by atoms with E-state index in [-0.39, 0.29) is 12.4 Å². The minimum Gasteiger partial charge on any atom is -0.458 e. The molecule has 1 heterocycles. The first kappa shape index (κ1) is 9.99. The summed E-state index contributed by atoms with van der Waals surface area (Å²) < 4.78 is 5.16. The van der Waals surface area contributed by atoms with Gasteiger partial charge in [-0.1, -0.05) is 0 Å². The number of rotatable bonds is 5. The number of carbonyl (C=O) groups excluding carboxylic acids is 1. The smallest absolute Gasteiger partial charge is 0.197 e. The molecule has 1 aromatic heterocycles. The number of unbranched alkanes of at least 4 members (excludes halogenated alkanes) is 1. The molecule has 3 nitrogen and oxygen atoms in total. The van der Waals surface area contributed by atoms with Crippen LogP contribution in [0.1, 0.15) is 35.6 Å². The van der Waals surface area contributed by atoms with Crippen LogP contribution in [0.15, 0.2) is 16.5 Å². The van der Waals surface area contributed by atoms with Crippen molar-refractivity contribution in [1.82, 2.24) is 0 Å². The highest BCUT2D eigenvalue weighted by Crippen LogP contribution is 2.10. The van der Waals surface area contributed by atoms with Crippen molar-refractivity contribution >= 4 is 5.78 Å². The Morgan fingerprint density at radius 2 is 2.23 bits per heavy atom. The largest absolute Gasteiger partial charge is 0.458 e. The minimum absolute atomic E-state index is 0.0153. The number of aliphatic hydroxyl groups excluding tert-OH is 1. The molecule has 0 spiro atoms. The van der Waals surface area contributed by atoms with Crippen molar-refractivity contribution in [2.24, 2.45) is 0 Å². The summed E-state index contributed by atoms with van der Waals surface area (Å²) in [6.07, 6.45) is 1.84. The monoisotopic (exact) mass is 182 g/mol. The lowest BCUT2D eigenvalue weighted by Gasteiger charge is -1.95. The molecule has 1 N–H and O–H groups in total. The average Bonchev–Trinajstić information content (AvgIpc) is 2.52. The molecule has 0 aliphatic rings. The van der Waals surface area contributed by atoms with Crippen LogP contribution in [0, 0.1) is 6.92 Å². The van der Waals surface area contributed by atoms with Crippen LogP contribution < -0.4 is 0 Å². The molecule has 1 rings (SSSR count). The first-order chi connectivity index (χ1) is 6.24. The van der Waals surface area contributed by atoms with E-state index in [1.165, 1.54) is 0 Å². The molecular formula is C10H14O3. The second-order valence-electron chi connectivity index (χ2n) is 3.01. The number of aryl methyl sites for hydroxylation is 1. The molecule has 1 aromatic rings. The molecule has 13 heavy (non-hydrogen) atoms. The lowest BCUT2D eigenvalue weighted by molar-refractivity contribution is 0.0949. The van der Waals surface area contributed by atoms with E-state index in [4.69, 9.17) is 9.52 Å². The fourth-order valence-electron chi connectivity index (χ4n) is 1.10. The Kier molecular flexibility index (Phi) is 3.71. The van der Waals surface area contributed by atoms with Gasteiger partial charge in [0.1, 0.15) is 5.76 Å². The predicted molar refractivity (Wildman–Crippen MR) is 48.7 cm³/mol. The quantitative estimate of drug-likeness (QED) is 0.559. The molecule has 0 unspecified atom stereocenters. The maximum absolute atomic E-state index is 11.4. The standard InChI is InChI=1S/C10H14O3/c1-8-5-6-10(13-8)9(12)4-2-3-7-11/h5-6,11H,2-4,7H2,1H3. The highest BCUT2D eigenvalue weighted by atomic mass is 16.3. The number of carbonyl (C=O) groups is 1. The molecular weight excluding hydrogens is 168 g/mol. The van der Waals surface area contributed by atoms with Crippen molar-refractivity contribution < 1.29 is 14.3 Å². The van der Waals surface area contributed by atoms with Gasteiger partial charge in [0.05, 0.1) is 0 Å². The van der Waals surface area contributed by atoms with Gasteiger partial charge in [-0.2, -0.15) is 0 Å². The number of Topliss-reactive ketones (excluding diaryl/α,β-unsaturated/α-hetero) is 1. The summed E-state index contributed by atoms with van der Waals surface area (Å²) in [4.78, 5) is 11.4. The van der Waals surface area contributed by atoms with Gasteiger partial charge < -0.3 is 9.52 Å². The van der Waals surface area contributed by atoms with E-state index >= 15 is 0 Å². The molecule has 0 fully saturated rings. The van der Waals surface area contributed by atoms with Crippen LogP contribution in [0.5, 0.6) is 0 Å². The topological polar surface area (TPSA) is 50.4 Å². The van der Waals surface area contributed by atoms with Crippen LogP contribution in [0.3, 0.4) is 0 Å². The summed E-state index contributed by atoms with van der Waals surface area (Å²) in [6.45, 7) is 1.95. The lowest BCUT2D eigenvalue weighted by atomic mass is 10.1. The van der Waals surface area contributed by atoms with Crippen molar-refractivity contribution in [3.05, 3.63) is 23.7 Å². The van der Waals surface area contributed by atoms with Gasteiger partial charge in [0, 0.05) is 13.0 Å². The third-order valence-electron chi connectivity index (χ3n) is 1.83. The maximum Gasteiger partial charge on any atom is 0.197 e. The van der Waals surface area contributed by atoms with Crippen molar-refractivity contribution in [2.75, 3.05) is 6.61 Å². The van der Waals surface area contributed by atoms with Gasteiger partial charge in [-0.15, -0.1) is 0 Å². The molecule has 0 saturated carbocycles. The van der Waals surface area contributed by atoms with E-state index in [1.807, 2.05) is 6.92 Å². The number of hydrogen-bond donors (Lipinski definition) is 1. The summed E-state index contributed by atoms with van der Waals surface area (Å²) in [7, 11) is 0. The normalized spacial score (nSPS) is 10.3. The molecule has 0 aliphatic carbocycles. The van der Waals surface area contributed by atoms with E-state index in [9.17, 15) is 4.79 Å². The van der Waals surface area contributed by atoms with Crippen molar-refractivity contribution in [1.29, 1.82) is 0 Å². The Morgan fingerprint density at radius 1 is 1.46 bits per heavy atom. The summed E-state index contributed by atoms with van der Waals surface area (Å²) in [5, 5.41) is 8.52. The van der Waals surface area contributed by atoms with E-state index in [2.05, 4.69) is 0 Å². The molecule has 0 aromatic carbocycles. The number of aliphatic hydroxyl groups is 1. The van der Waals surface area contributed by atoms with Crippen LogP contribution in [0.4, 0.5) is 0 Å². The first-order valence-electron chi connectivity index (χ1n) is 4.44. The minimum atomic E-state index is 0.0153.